The first-order valence-corrected chi connectivity index (χ1v) is 8.76. The van der Waals surface area contributed by atoms with Gasteiger partial charge in [-0.3, -0.25) is 9.59 Å². The molecule has 2 rings (SSSR count). The molecule has 0 bridgehead atoms. The van der Waals surface area contributed by atoms with Crippen molar-refractivity contribution in [1.29, 1.82) is 0 Å². The van der Waals surface area contributed by atoms with Crippen LogP contribution in [0.2, 0.25) is 0 Å². The quantitative estimate of drug-likeness (QED) is 0.485. The summed E-state index contributed by atoms with van der Waals surface area (Å²) in [5.74, 6) is -1.10. The third-order valence-corrected chi connectivity index (χ3v) is 4.04. The fraction of sp³-hybridized carbons (Fsp3) is 0.222. The number of amides is 1. The molecule has 0 saturated heterocycles. The number of thioether (sulfide) groups is 1. The van der Waals surface area contributed by atoms with Crippen molar-refractivity contribution in [3.63, 3.8) is 0 Å². The summed E-state index contributed by atoms with van der Waals surface area (Å²) in [5.41, 5.74) is 1.31. The van der Waals surface area contributed by atoms with Gasteiger partial charge >= 0.3 is 5.97 Å². The molecule has 1 amide bonds. The fourth-order valence-corrected chi connectivity index (χ4v) is 2.68. The first kappa shape index (κ1) is 18.7. The summed E-state index contributed by atoms with van der Waals surface area (Å²) in [5, 5.41) is 3.17. The largest absolute Gasteiger partial charge is 0.451 e. The Morgan fingerprint density at radius 3 is 2.44 bits per heavy atom. The van der Waals surface area contributed by atoms with E-state index in [9.17, 15) is 14.4 Å². The van der Waals surface area contributed by atoms with Gasteiger partial charge in [0.1, 0.15) is 5.03 Å². The van der Waals surface area contributed by atoms with E-state index >= 15 is 0 Å². The Bertz CT molecular complexity index is 790. The number of carbonyl (C=O) groups excluding carboxylic acids is 3. The van der Waals surface area contributed by atoms with Crippen LogP contribution in [0.1, 0.15) is 34.6 Å². The molecule has 0 saturated carbocycles. The van der Waals surface area contributed by atoms with Gasteiger partial charge in [0, 0.05) is 24.4 Å². The molecule has 0 aliphatic rings. The number of nitrogens with zero attached hydrogens (tertiary/aromatic N) is 1. The number of hydrogen-bond acceptors (Lipinski definition) is 6. The van der Waals surface area contributed by atoms with E-state index in [1.54, 1.807) is 42.6 Å². The van der Waals surface area contributed by atoms with Gasteiger partial charge in [-0.2, -0.15) is 0 Å². The number of benzene rings is 1. The second kappa shape index (κ2) is 8.43. The lowest BCUT2D eigenvalue weighted by Crippen LogP contribution is -2.24. The predicted molar refractivity (Wildman–Crippen MR) is 96.0 cm³/mol. The average molecular weight is 358 g/mol. The minimum atomic E-state index is -0.936. The molecule has 0 radical (unpaired) electrons. The van der Waals surface area contributed by atoms with Crippen LogP contribution in [-0.4, -0.2) is 35.0 Å². The molecule has 7 heteroatoms. The highest BCUT2D eigenvalue weighted by Gasteiger charge is 2.22. The van der Waals surface area contributed by atoms with E-state index in [0.29, 0.717) is 21.8 Å². The Balaban J connectivity index is 2.07. The van der Waals surface area contributed by atoms with Crippen LogP contribution in [0.5, 0.6) is 0 Å². The molecule has 1 aromatic heterocycles. The number of rotatable bonds is 6. The standard InChI is InChI=1S/C18H18N2O4S/c1-11(24-18(23)15-5-4-10-19-17(15)25-3)16(22)13-6-8-14(9-7-13)20-12(2)21/h4-11H,1-3H3,(H,20,21)/t11-/m1/s1. The summed E-state index contributed by atoms with van der Waals surface area (Å²) < 4.78 is 5.28. The number of Topliss-reactive ketones (excluding diaryl/α,β-unsaturated/α-hetero) is 1. The van der Waals surface area contributed by atoms with E-state index < -0.39 is 12.1 Å². The summed E-state index contributed by atoms with van der Waals surface area (Å²) in [4.78, 5) is 39.8. The molecule has 1 N–H and O–H groups in total. The van der Waals surface area contributed by atoms with Crippen molar-refractivity contribution in [2.75, 3.05) is 11.6 Å². The maximum atomic E-state index is 12.4. The van der Waals surface area contributed by atoms with Gasteiger partial charge < -0.3 is 10.1 Å². The predicted octanol–water partition coefficient (Wildman–Crippen LogP) is 3.19. The molecule has 6 nitrogen and oxygen atoms in total. The van der Waals surface area contributed by atoms with Gasteiger partial charge in [0.25, 0.3) is 0 Å². The van der Waals surface area contributed by atoms with Gasteiger partial charge in [-0.25, -0.2) is 9.78 Å². The fourth-order valence-electron chi connectivity index (χ4n) is 2.14. The van der Waals surface area contributed by atoms with Crippen molar-refractivity contribution in [3.05, 3.63) is 53.7 Å². The van der Waals surface area contributed by atoms with Crippen molar-refractivity contribution < 1.29 is 19.1 Å². The van der Waals surface area contributed by atoms with Crippen molar-refractivity contribution >= 4 is 35.1 Å². The number of pyridine rings is 1. The molecule has 0 aliphatic carbocycles. The third kappa shape index (κ3) is 4.90. The Kier molecular flexibility index (Phi) is 6.30. The molecule has 0 unspecified atom stereocenters. The second-order valence-electron chi connectivity index (χ2n) is 5.23. The van der Waals surface area contributed by atoms with Gasteiger partial charge in [-0.05, 0) is 49.6 Å². The first-order valence-electron chi connectivity index (χ1n) is 7.54. The highest BCUT2D eigenvalue weighted by atomic mass is 32.2. The molecular formula is C18H18N2O4S. The van der Waals surface area contributed by atoms with Crippen LogP contribution in [0.15, 0.2) is 47.6 Å². The summed E-state index contributed by atoms with van der Waals surface area (Å²) in [6.07, 6.45) is 2.46. The Morgan fingerprint density at radius 1 is 1.16 bits per heavy atom. The number of nitrogens with one attached hydrogen (secondary N) is 1. The maximum absolute atomic E-state index is 12.4. The second-order valence-corrected chi connectivity index (χ2v) is 6.03. The third-order valence-electron chi connectivity index (χ3n) is 3.33. The lowest BCUT2D eigenvalue weighted by Gasteiger charge is -2.13. The molecule has 0 spiro atoms. The zero-order valence-electron chi connectivity index (χ0n) is 14.1. The van der Waals surface area contributed by atoms with Gasteiger partial charge in [0.05, 0.1) is 5.56 Å². The van der Waals surface area contributed by atoms with Gasteiger partial charge in [-0.1, -0.05) is 0 Å². The smallest absolute Gasteiger partial charge is 0.341 e. The topological polar surface area (TPSA) is 85.4 Å². The summed E-state index contributed by atoms with van der Waals surface area (Å²) in [6, 6.07) is 9.65. The molecule has 0 aliphatic heterocycles. The Morgan fingerprint density at radius 2 is 1.84 bits per heavy atom. The maximum Gasteiger partial charge on any atom is 0.341 e. The minimum Gasteiger partial charge on any atom is -0.451 e. The number of carbonyl (C=O) groups is 3. The van der Waals surface area contributed by atoms with Crippen LogP contribution in [0, 0.1) is 0 Å². The van der Waals surface area contributed by atoms with Crippen LogP contribution >= 0.6 is 11.8 Å². The van der Waals surface area contributed by atoms with Crippen LogP contribution in [0.25, 0.3) is 0 Å². The molecular weight excluding hydrogens is 340 g/mol. The van der Waals surface area contributed by atoms with Crippen molar-refractivity contribution in [1.82, 2.24) is 4.98 Å². The van der Waals surface area contributed by atoms with E-state index in [-0.39, 0.29) is 11.7 Å². The van der Waals surface area contributed by atoms with Gasteiger partial charge in [0.15, 0.2) is 6.10 Å². The number of ketones is 1. The molecule has 1 aromatic carbocycles. The highest BCUT2D eigenvalue weighted by molar-refractivity contribution is 7.98. The molecule has 1 heterocycles. The van der Waals surface area contributed by atoms with E-state index in [1.807, 2.05) is 6.26 Å². The normalized spacial score (nSPS) is 11.5. The lowest BCUT2D eigenvalue weighted by atomic mass is 10.1. The summed E-state index contributed by atoms with van der Waals surface area (Å²) in [6.45, 7) is 2.93. The van der Waals surface area contributed by atoms with E-state index in [1.165, 1.54) is 25.6 Å². The number of aromatic nitrogens is 1. The molecule has 25 heavy (non-hydrogen) atoms. The number of hydrogen-bond donors (Lipinski definition) is 1. The number of anilines is 1. The number of esters is 1. The van der Waals surface area contributed by atoms with Crippen LogP contribution in [-0.2, 0) is 9.53 Å². The number of ether oxygens (including phenoxy) is 1. The molecule has 1 atom stereocenters. The first-order chi connectivity index (χ1) is 11.9. The van der Waals surface area contributed by atoms with Gasteiger partial charge in [0.2, 0.25) is 11.7 Å². The zero-order valence-corrected chi connectivity index (χ0v) is 14.9. The average Bonchev–Trinajstić information content (AvgIpc) is 2.61. The van der Waals surface area contributed by atoms with E-state index in [4.69, 9.17) is 4.74 Å². The van der Waals surface area contributed by atoms with E-state index in [0.717, 1.165) is 0 Å². The summed E-state index contributed by atoms with van der Waals surface area (Å²) in [7, 11) is 0. The molecule has 130 valence electrons. The molecule has 2 aromatic rings. The van der Waals surface area contributed by atoms with Gasteiger partial charge in [-0.15, -0.1) is 11.8 Å². The van der Waals surface area contributed by atoms with E-state index in [2.05, 4.69) is 10.3 Å². The summed E-state index contributed by atoms with van der Waals surface area (Å²) >= 11 is 1.33. The SMILES string of the molecule is CSc1ncccc1C(=O)O[C@H](C)C(=O)c1ccc(NC(C)=O)cc1. The highest BCUT2D eigenvalue weighted by Crippen LogP contribution is 2.19. The van der Waals surface area contributed by atoms with Crippen molar-refractivity contribution in [2.24, 2.45) is 0 Å². The monoisotopic (exact) mass is 358 g/mol. The molecule has 0 fully saturated rings. The zero-order chi connectivity index (χ0) is 18.4. The van der Waals surface area contributed by atoms with Crippen molar-refractivity contribution in [3.8, 4) is 0 Å². The Hall–Kier alpha value is -2.67. The van der Waals surface area contributed by atoms with Crippen LogP contribution in [0.4, 0.5) is 5.69 Å². The van der Waals surface area contributed by atoms with Crippen molar-refractivity contribution in [2.45, 2.75) is 25.0 Å². The van der Waals surface area contributed by atoms with Crippen LogP contribution in [0.3, 0.4) is 0 Å². The minimum absolute atomic E-state index is 0.192. The lowest BCUT2D eigenvalue weighted by molar-refractivity contribution is -0.114. The van der Waals surface area contributed by atoms with Crippen LogP contribution < -0.4 is 5.32 Å². The Labute approximate surface area is 150 Å².